The van der Waals surface area contributed by atoms with Crippen LogP contribution in [0.1, 0.15) is 5.56 Å². The normalized spacial score (nSPS) is 12.1. The second kappa shape index (κ2) is 6.70. The molecule has 0 amide bonds. The van der Waals surface area contributed by atoms with E-state index >= 15 is 0 Å². The summed E-state index contributed by atoms with van der Waals surface area (Å²) in [5.74, 6) is 0. The number of pyridine rings is 1. The topological polar surface area (TPSA) is 16.1 Å². The average Bonchev–Trinajstić information content (AvgIpc) is 2.15. The first-order chi connectivity index (χ1) is 7.90. The highest BCUT2D eigenvalue weighted by Gasteiger charge is 2.30. The summed E-state index contributed by atoms with van der Waals surface area (Å²) in [6.45, 7) is -0.339. The van der Waals surface area contributed by atoms with Gasteiger partial charge in [-0.15, -0.1) is 0 Å². The zero-order chi connectivity index (χ0) is 12.9. The SMILES string of the molecule is FC(F)(F)CN(CCBr)Cc1cncc(Br)c1. The molecule has 0 atom stereocenters. The van der Waals surface area contributed by atoms with Crippen LogP contribution in [0.2, 0.25) is 0 Å². The van der Waals surface area contributed by atoms with Crippen molar-refractivity contribution < 1.29 is 13.2 Å². The molecule has 0 fully saturated rings. The van der Waals surface area contributed by atoms with E-state index in [4.69, 9.17) is 0 Å². The molecule has 96 valence electrons. The minimum atomic E-state index is -4.18. The van der Waals surface area contributed by atoms with Gasteiger partial charge in [0.05, 0.1) is 6.54 Å². The van der Waals surface area contributed by atoms with Crippen molar-refractivity contribution >= 4 is 31.9 Å². The first-order valence-corrected chi connectivity index (χ1v) is 6.76. The Labute approximate surface area is 114 Å². The standard InChI is InChI=1S/C10H11Br2F3N2/c11-1-2-17(7-10(13,14)15)6-8-3-9(12)5-16-4-8/h3-5H,1-2,6-7H2. The Morgan fingerprint density at radius 3 is 2.53 bits per heavy atom. The second-order valence-corrected chi connectivity index (χ2v) is 5.23. The number of halogens is 5. The van der Waals surface area contributed by atoms with Crippen LogP contribution in [-0.4, -0.2) is 34.5 Å². The quantitative estimate of drug-likeness (QED) is 0.731. The van der Waals surface area contributed by atoms with E-state index in [9.17, 15) is 13.2 Å². The fraction of sp³-hybridized carbons (Fsp3) is 0.500. The van der Waals surface area contributed by atoms with Gasteiger partial charge >= 0.3 is 6.18 Å². The summed E-state index contributed by atoms with van der Waals surface area (Å²) in [5, 5.41) is 0.504. The Kier molecular flexibility index (Phi) is 5.88. The highest BCUT2D eigenvalue weighted by molar-refractivity contribution is 9.10. The number of alkyl halides is 4. The van der Waals surface area contributed by atoms with Gasteiger partial charge in [0.25, 0.3) is 0 Å². The molecule has 0 aliphatic rings. The van der Waals surface area contributed by atoms with Crippen LogP contribution in [0.25, 0.3) is 0 Å². The van der Waals surface area contributed by atoms with Crippen LogP contribution < -0.4 is 0 Å². The van der Waals surface area contributed by atoms with E-state index in [1.807, 2.05) is 0 Å². The molecule has 1 rings (SSSR count). The van der Waals surface area contributed by atoms with Crippen LogP contribution in [0, 0.1) is 0 Å². The molecule has 0 radical (unpaired) electrons. The van der Waals surface area contributed by atoms with Crippen molar-refractivity contribution in [3.63, 3.8) is 0 Å². The fourth-order valence-corrected chi connectivity index (χ4v) is 2.30. The minimum Gasteiger partial charge on any atom is -0.290 e. The molecule has 0 unspecified atom stereocenters. The van der Waals surface area contributed by atoms with Crippen LogP contribution in [0.5, 0.6) is 0 Å². The van der Waals surface area contributed by atoms with Crippen molar-refractivity contribution in [1.29, 1.82) is 0 Å². The summed E-state index contributed by atoms with van der Waals surface area (Å²) >= 11 is 6.39. The lowest BCUT2D eigenvalue weighted by molar-refractivity contribution is -0.146. The molecule has 0 saturated heterocycles. The van der Waals surface area contributed by atoms with Crippen molar-refractivity contribution in [2.24, 2.45) is 0 Å². The highest BCUT2D eigenvalue weighted by atomic mass is 79.9. The van der Waals surface area contributed by atoms with Crippen molar-refractivity contribution in [2.75, 3.05) is 18.4 Å². The van der Waals surface area contributed by atoms with Crippen LogP contribution >= 0.6 is 31.9 Å². The molecule has 0 aliphatic carbocycles. The Bertz CT molecular complexity index is 358. The molecular formula is C10H11Br2F3N2. The minimum absolute atomic E-state index is 0.234. The number of rotatable bonds is 5. The molecule has 0 saturated carbocycles. The zero-order valence-electron chi connectivity index (χ0n) is 8.84. The Hall–Kier alpha value is -0.140. The zero-order valence-corrected chi connectivity index (χ0v) is 12.0. The van der Waals surface area contributed by atoms with Gasteiger partial charge in [-0.2, -0.15) is 13.2 Å². The van der Waals surface area contributed by atoms with Crippen LogP contribution in [0.4, 0.5) is 13.2 Å². The third-order valence-electron chi connectivity index (χ3n) is 1.97. The summed E-state index contributed by atoms with van der Waals surface area (Å²) in [5.41, 5.74) is 0.754. The lowest BCUT2D eigenvalue weighted by Gasteiger charge is -2.22. The number of hydrogen-bond donors (Lipinski definition) is 0. The predicted molar refractivity (Wildman–Crippen MR) is 67.1 cm³/mol. The molecule has 1 heterocycles. The molecule has 1 aromatic heterocycles. The van der Waals surface area contributed by atoms with Crippen LogP contribution in [0.3, 0.4) is 0 Å². The van der Waals surface area contributed by atoms with Gasteiger partial charge in [-0.3, -0.25) is 9.88 Å². The lowest BCUT2D eigenvalue weighted by atomic mass is 10.2. The molecular weight excluding hydrogens is 365 g/mol. The van der Waals surface area contributed by atoms with E-state index in [-0.39, 0.29) is 6.54 Å². The molecule has 0 N–H and O–H groups in total. The van der Waals surface area contributed by atoms with Gasteiger partial charge in [0, 0.05) is 35.3 Å². The maximum Gasteiger partial charge on any atom is 0.401 e. The Balaban J connectivity index is 2.66. The van der Waals surface area contributed by atoms with Crippen molar-refractivity contribution in [2.45, 2.75) is 12.7 Å². The van der Waals surface area contributed by atoms with Gasteiger partial charge in [-0.25, -0.2) is 0 Å². The van der Waals surface area contributed by atoms with Crippen molar-refractivity contribution in [1.82, 2.24) is 9.88 Å². The smallest absolute Gasteiger partial charge is 0.290 e. The van der Waals surface area contributed by atoms with Crippen LogP contribution in [-0.2, 0) is 6.54 Å². The fourth-order valence-electron chi connectivity index (χ4n) is 1.39. The average molecular weight is 376 g/mol. The molecule has 17 heavy (non-hydrogen) atoms. The molecule has 0 bridgehead atoms. The molecule has 1 aromatic rings. The third kappa shape index (κ3) is 6.38. The Morgan fingerprint density at radius 1 is 1.29 bits per heavy atom. The summed E-state index contributed by atoms with van der Waals surface area (Å²) < 4.78 is 37.8. The second-order valence-electron chi connectivity index (χ2n) is 3.53. The predicted octanol–water partition coefficient (Wildman–Crippen LogP) is 3.60. The van der Waals surface area contributed by atoms with Gasteiger partial charge in [0.2, 0.25) is 0 Å². The molecule has 7 heteroatoms. The number of aromatic nitrogens is 1. The van der Waals surface area contributed by atoms with Crippen molar-refractivity contribution in [3.8, 4) is 0 Å². The van der Waals surface area contributed by atoms with Gasteiger partial charge in [0.15, 0.2) is 0 Å². The molecule has 0 spiro atoms. The first kappa shape index (κ1) is 14.9. The third-order valence-corrected chi connectivity index (χ3v) is 2.76. The lowest BCUT2D eigenvalue weighted by Crippen LogP contribution is -2.35. The molecule has 2 nitrogen and oxygen atoms in total. The van der Waals surface area contributed by atoms with Gasteiger partial charge in [-0.05, 0) is 27.6 Å². The molecule has 0 aromatic carbocycles. The van der Waals surface area contributed by atoms with E-state index in [2.05, 4.69) is 36.8 Å². The summed E-state index contributed by atoms with van der Waals surface area (Å²) in [7, 11) is 0. The number of nitrogens with zero attached hydrogens (tertiary/aromatic N) is 2. The van der Waals surface area contributed by atoms with E-state index in [0.717, 1.165) is 10.0 Å². The maximum absolute atomic E-state index is 12.3. The van der Waals surface area contributed by atoms with Gasteiger partial charge < -0.3 is 0 Å². The van der Waals surface area contributed by atoms with Crippen molar-refractivity contribution in [3.05, 3.63) is 28.5 Å². The van der Waals surface area contributed by atoms with E-state index in [1.165, 1.54) is 4.90 Å². The molecule has 0 aliphatic heterocycles. The van der Waals surface area contributed by atoms with Crippen LogP contribution in [0.15, 0.2) is 22.9 Å². The monoisotopic (exact) mass is 374 g/mol. The summed E-state index contributed by atoms with van der Waals surface area (Å²) in [6, 6.07) is 1.77. The van der Waals surface area contributed by atoms with Gasteiger partial charge in [-0.1, -0.05) is 15.9 Å². The van der Waals surface area contributed by atoms with Gasteiger partial charge in [0.1, 0.15) is 0 Å². The van der Waals surface area contributed by atoms with E-state index in [0.29, 0.717) is 11.9 Å². The number of hydrogen-bond acceptors (Lipinski definition) is 2. The maximum atomic E-state index is 12.3. The first-order valence-electron chi connectivity index (χ1n) is 4.85. The Morgan fingerprint density at radius 2 is 2.00 bits per heavy atom. The van der Waals surface area contributed by atoms with E-state index in [1.54, 1.807) is 18.5 Å². The van der Waals surface area contributed by atoms with E-state index < -0.39 is 12.7 Å². The largest absolute Gasteiger partial charge is 0.401 e. The summed E-state index contributed by atoms with van der Waals surface area (Å²) in [4.78, 5) is 5.26. The summed E-state index contributed by atoms with van der Waals surface area (Å²) in [6.07, 6.45) is -1.01. The highest BCUT2D eigenvalue weighted by Crippen LogP contribution is 2.19.